The van der Waals surface area contributed by atoms with Gasteiger partial charge in [-0.1, -0.05) is 25.0 Å². The van der Waals surface area contributed by atoms with Crippen LogP contribution in [0.15, 0.2) is 36.4 Å². The Hall–Kier alpha value is -3.42. The summed E-state index contributed by atoms with van der Waals surface area (Å²) in [5.74, 6) is 2.49. The van der Waals surface area contributed by atoms with E-state index in [-0.39, 0.29) is 36.7 Å². The lowest BCUT2D eigenvalue weighted by Crippen LogP contribution is -2.53. The molecule has 0 heterocycles. The number of hydrogen-bond donors (Lipinski definition) is 2. The van der Waals surface area contributed by atoms with Crippen LogP contribution in [0.3, 0.4) is 0 Å². The SMILES string of the molecule is CCOc1ccc(CC(=O)N[C@H]2CCCC[C@@H]2NC(=O)Cc2ccc(OCC)c(OCC)c2)cc1OCC. The van der Waals surface area contributed by atoms with E-state index >= 15 is 0 Å². The third kappa shape index (κ3) is 8.57. The second-order valence-electron chi connectivity index (χ2n) is 9.28. The van der Waals surface area contributed by atoms with E-state index in [4.69, 9.17) is 18.9 Å². The number of benzene rings is 2. The minimum atomic E-state index is -0.103. The maximum Gasteiger partial charge on any atom is 0.224 e. The highest BCUT2D eigenvalue weighted by Crippen LogP contribution is 2.30. The molecule has 8 nitrogen and oxygen atoms in total. The van der Waals surface area contributed by atoms with Crippen LogP contribution in [0.5, 0.6) is 23.0 Å². The fraction of sp³-hybridized carbons (Fsp3) is 0.533. The third-order valence-corrected chi connectivity index (χ3v) is 6.40. The summed E-state index contributed by atoms with van der Waals surface area (Å²) in [4.78, 5) is 25.9. The molecule has 2 aromatic carbocycles. The highest BCUT2D eigenvalue weighted by molar-refractivity contribution is 5.80. The molecule has 0 unspecified atom stereocenters. The molecule has 1 aliphatic carbocycles. The lowest BCUT2D eigenvalue weighted by Gasteiger charge is -2.33. The maximum atomic E-state index is 12.9. The second kappa shape index (κ2) is 15.1. The maximum absolute atomic E-state index is 12.9. The second-order valence-corrected chi connectivity index (χ2v) is 9.28. The zero-order valence-corrected chi connectivity index (χ0v) is 23.1. The number of carbonyl (C=O) groups excluding carboxylic acids is 2. The van der Waals surface area contributed by atoms with Gasteiger partial charge in [0.15, 0.2) is 23.0 Å². The number of hydrogen-bond acceptors (Lipinski definition) is 6. The van der Waals surface area contributed by atoms with Gasteiger partial charge >= 0.3 is 0 Å². The van der Waals surface area contributed by atoms with Gasteiger partial charge in [-0.15, -0.1) is 0 Å². The van der Waals surface area contributed by atoms with Gasteiger partial charge in [-0.05, 0) is 75.9 Å². The number of nitrogens with one attached hydrogen (secondary N) is 2. The van der Waals surface area contributed by atoms with Crippen LogP contribution in [0.1, 0.15) is 64.5 Å². The molecule has 0 bridgehead atoms. The number of rotatable bonds is 14. The van der Waals surface area contributed by atoms with E-state index < -0.39 is 0 Å². The lowest BCUT2D eigenvalue weighted by atomic mass is 9.89. The van der Waals surface area contributed by atoms with Gasteiger partial charge in [0.05, 0.1) is 39.3 Å². The molecule has 38 heavy (non-hydrogen) atoms. The Bertz CT molecular complexity index is 974. The van der Waals surface area contributed by atoms with Crippen LogP contribution >= 0.6 is 0 Å². The molecule has 208 valence electrons. The monoisotopic (exact) mass is 526 g/mol. The molecule has 8 heteroatoms. The first-order chi connectivity index (χ1) is 18.5. The number of amides is 2. The van der Waals surface area contributed by atoms with Crippen molar-refractivity contribution in [2.75, 3.05) is 26.4 Å². The molecule has 3 rings (SSSR count). The van der Waals surface area contributed by atoms with E-state index in [9.17, 15) is 9.59 Å². The van der Waals surface area contributed by atoms with Gasteiger partial charge in [0, 0.05) is 12.1 Å². The van der Waals surface area contributed by atoms with Crippen molar-refractivity contribution < 1.29 is 28.5 Å². The Balaban J connectivity index is 1.59. The van der Waals surface area contributed by atoms with Crippen LogP contribution in [0.2, 0.25) is 0 Å². The van der Waals surface area contributed by atoms with Crippen LogP contribution in [-0.4, -0.2) is 50.3 Å². The third-order valence-electron chi connectivity index (χ3n) is 6.40. The largest absolute Gasteiger partial charge is 0.490 e. The molecule has 0 radical (unpaired) electrons. The number of ether oxygens (including phenoxy) is 4. The summed E-state index contributed by atoms with van der Waals surface area (Å²) >= 11 is 0. The fourth-order valence-corrected chi connectivity index (χ4v) is 4.77. The summed E-state index contributed by atoms with van der Waals surface area (Å²) in [6.07, 6.45) is 4.17. The van der Waals surface area contributed by atoms with Crippen molar-refractivity contribution in [2.45, 2.75) is 78.3 Å². The standard InChI is InChI=1S/C30H42N2O6/c1-5-35-25-15-13-21(17-27(25)37-7-3)19-29(33)31-23-11-9-10-12-24(23)32-30(34)20-22-14-16-26(36-6-2)28(18-22)38-8-4/h13-18,23-24H,5-12,19-20H2,1-4H3,(H,31,33)(H,32,34)/t23-,24-/m0/s1. The van der Waals surface area contributed by atoms with Crippen molar-refractivity contribution in [2.24, 2.45) is 0 Å². The van der Waals surface area contributed by atoms with Crippen molar-refractivity contribution in [1.29, 1.82) is 0 Å². The smallest absolute Gasteiger partial charge is 0.224 e. The summed E-state index contributed by atoms with van der Waals surface area (Å²) in [6, 6.07) is 11.0. The van der Waals surface area contributed by atoms with E-state index in [1.807, 2.05) is 64.1 Å². The van der Waals surface area contributed by atoms with Gasteiger partial charge in [-0.3, -0.25) is 9.59 Å². The van der Waals surface area contributed by atoms with Crippen LogP contribution in [0, 0.1) is 0 Å². The molecule has 1 fully saturated rings. The van der Waals surface area contributed by atoms with Gasteiger partial charge in [0.1, 0.15) is 0 Å². The van der Waals surface area contributed by atoms with Crippen molar-refractivity contribution in [3.8, 4) is 23.0 Å². The molecule has 0 aromatic heterocycles. The molecule has 1 saturated carbocycles. The molecule has 0 saturated heterocycles. The van der Waals surface area contributed by atoms with Crippen molar-refractivity contribution >= 4 is 11.8 Å². The predicted octanol–water partition coefficient (Wildman–Crippen LogP) is 4.61. The molecule has 0 spiro atoms. The van der Waals surface area contributed by atoms with Crippen molar-refractivity contribution in [1.82, 2.24) is 10.6 Å². The normalized spacial score (nSPS) is 16.8. The lowest BCUT2D eigenvalue weighted by molar-refractivity contribution is -0.124. The summed E-state index contributed by atoms with van der Waals surface area (Å²) in [6.45, 7) is 9.80. The highest BCUT2D eigenvalue weighted by atomic mass is 16.5. The Morgan fingerprint density at radius 3 is 1.37 bits per heavy atom. The van der Waals surface area contributed by atoms with E-state index in [0.717, 1.165) is 36.8 Å². The van der Waals surface area contributed by atoms with Gasteiger partial charge in [-0.2, -0.15) is 0 Å². The van der Waals surface area contributed by atoms with Crippen LogP contribution in [-0.2, 0) is 22.4 Å². The van der Waals surface area contributed by atoms with Crippen LogP contribution < -0.4 is 29.6 Å². The molecule has 2 N–H and O–H groups in total. The van der Waals surface area contributed by atoms with Crippen LogP contribution in [0.25, 0.3) is 0 Å². The average molecular weight is 527 g/mol. The Morgan fingerprint density at radius 2 is 1.00 bits per heavy atom. The Kier molecular flexibility index (Phi) is 11.6. The van der Waals surface area contributed by atoms with Gasteiger partial charge in [-0.25, -0.2) is 0 Å². The van der Waals surface area contributed by atoms with Gasteiger partial charge < -0.3 is 29.6 Å². The molecule has 2 aromatic rings. The van der Waals surface area contributed by atoms with Gasteiger partial charge in [0.25, 0.3) is 0 Å². The number of carbonyl (C=O) groups is 2. The molecule has 2 amide bonds. The fourth-order valence-electron chi connectivity index (χ4n) is 4.77. The minimum absolute atomic E-state index is 0.0735. The average Bonchev–Trinajstić information content (AvgIpc) is 2.89. The topological polar surface area (TPSA) is 95.1 Å². The Labute approximate surface area is 226 Å². The first kappa shape index (κ1) is 29.1. The molecular weight excluding hydrogens is 484 g/mol. The molecule has 2 atom stereocenters. The van der Waals surface area contributed by atoms with E-state index in [1.54, 1.807) is 0 Å². The van der Waals surface area contributed by atoms with Gasteiger partial charge in [0.2, 0.25) is 11.8 Å². The summed E-state index contributed by atoms with van der Waals surface area (Å²) in [5.41, 5.74) is 1.71. The molecular formula is C30H42N2O6. The van der Waals surface area contributed by atoms with E-state index in [1.165, 1.54) is 0 Å². The first-order valence-electron chi connectivity index (χ1n) is 13.8. The zero-order valence-electron chi connectivity index (χ0n) is 23.1. The first-order valence-corrected chi connectivity index (χ1v) is 13.8. The highest BCUT2D eigenvalue weighted by Gasteiger charge is 2.28. The van der Waals surface area contributed by atoms with Crippen molar-refractivity contribution in [3.05, 3.63) is 47.5 Å². The molecule has 0 aliphatic heterocycles. The summed E-state index contributed by atoms with van der Waals surface area (Å²) < 4.78 is 22.6. The van der Waals surface area contributed by atoms with Crippen LogP contribution in [0.4, 0.5) is 0 Å². The summed E-state index contributed by atoms with van der Waals surface area (Å²) in [7, 11) is 0. The Morgan fingerprint density at radius 1 is 0.632 bits per heavy atom. The van der Waals surface area contributed by atoms with Crippen molar-refractivity contribution in [3.63, 3.8) is 0 Å². The molecule has 1 aliphatic rings. The minimum Gasteiger partial charge on any atom is -0.490 e. The summed E-state index contributed by atoms with van der Waals surface area (Å²) in [5, 5.41) is 6.33. The van der Waals surface area contributed by atoms with E-state index in [2.05, 4.69) is 10.6 Å². The quantitative estimate of drug-likeness (QED) is 0.373. The van der Waals surface area contributed by atoms with E-state index in [0.29, 0.717) is 49.4 Å². The predicted molar refractivity (Wildman–Crippen MR) is 147 cm³/mol. The zero-order chi connectivity index (χ0) is 27.3.